The maximum Gasteiger partial charge on any atom is 0.306 e. The van der Waals surface area contributed by atoms with Crippen molar-refractivity contribution in [2.24, 2.45) is 17.8 Å². The van der Waals surface area contributed by atoms with E-state index in [0.717, 1.165) is 24.5 Å². The fraction of sp³-hybridized carbons (Fsp3) is 0.533. The highest BCUT2D eigenvalue weighted by Crippen LogP contribution is 2.49. The van der Waals surface area contributed by atoms with Gasteiger partial charge in [-0.15, -0.1) is 0 Å². The molecule has 1 aromatic carbocycles. The van der Waals surface area contributed by atoms with Gasteiger partial charge in [0.2, 0.25) is 11.7 Å². The maximum absolute atomic E-state index is 13.2. The van der Waals surface area contributed by atoms with Crippen molar-refractivity contribution >= 4 is 17.3 Å². The molecule has 3 rings (SSSR count). The number of carbonyl (C=O) groups is 1. The lowest BCUT2D eigenvalue weighted by atomic mass is 9.86. The highest BCUT2D eigenvalue weighted by atomic mass is 19.1. The number of hydrogen-bond acceptors (Lipinski definition) is 3. The monoisotopic (exact) mass is 292 g/mol. The van der Waals surface area contributed by atoms with Crippen LogP contribution in [0.15, 0.2) is 18.2 Å². The fourth-order valence-electron chi connectivity index (χ4n) is 3.81. The van der Waals surface area contributed by atoms with Crippen LogP contribution in [0.3, 0.4) is 0 Å². The summed E-state index contributed by atoms with van der Waals surface area (Å²) in [7, 11) is 0. The summed E-state index contributed by atoms with van der Waals surface area (Å²) in [5.74, 6) is 0.821. The van der Waals surface area contributed by atoms with Crippen molar-refractivity contribution in [2.45, 2.75) is 32.1 Å². The second-order valence-corrected chi connectivity index (χ2v) is 6.11. The number of nitro groups is 1. The van der Waals surface area contributed by atoms with Crippen molar-refractivity contribution in [3.63, 3.8) is 0 Å². The van der Waals surface area contributed by atoms with E-state index in [2.05, 4.69) is 5.32 Å². The Labute approximate surface area is 121 Å². The van der Waals surface area contributed by atoms with E-state index in [0.29, 0.717) is 18.3 Å². The van der Waals surface area contributed by atoms with E-state index < -0.39 is 16.4 Å². The molecule has 0 saturated heterocycles. The summed E-state index contributed by atoms with van der Waals surface area (Å²) < 4.78 is 13.2. The highest BCUT2D eigenvalue weighted by molar-refractivity contribution is 5.91. The third kappa shape index (κ3) is 2.89. The third-order valence-corrected chi connectivity index (χ3v) is 4.76. The molecule has 2 aliphatic carbocycles. The maximum atomic E-state index is 13.2. The number of hydrogen-bond donors (Lipinski definition) is 1. The van der Waals surface area contributed by atoms with Crippen molar-refractivity contribution in [1.29, 1.82) is 0 Å². The van der Waals surface area contributed by atoms with Gasteiger partial charge < -0.3 is 5.32 Å². The number of fused-ring (bicyclic) bond motifs is 2. The van der Waals surface area contributed by atoms with E-state index in [9.17, 15) is 19.3 Å². The number of anilines is 1. The predicted molar refractivity (Wildman–Crippen MR) is 75.2 cm³/mol. The molecule has 2 fully saturated rings. The standard InChI is InChI=1S/C15H17FN2O3/c16-13-4-3-12(8-14(13)18(20)21)17-15(19)7-11-6-9-1-2-10(11)5-9/h3-4,8-11H,1-2,5-7H2,(H,17,19). The molecule has 1 amide bonds. The van der Waals surface area contributed by atoms with Gasteiger partial charge in [-0.05, 0) is 49.1 Å². The van der Waals surface area contributed by atoms with Crippen molar-refractivity contribution in [2.75, 3.05) is 5.32 Å². The zero-order chi connectivity index (χ0) is 15.0. The molecule has 3 atom stereocenters. The molecule has 1 N–H and O–H groups in total. The lowest BCUT2D eigenvalue weighted by Gasteiger charge is -2.20. The fourth-order valence-corrected chi connectivity index (χ4v) is 3.81. The van der Waals surface area contributed by atoms with Crippen molar-refractivity contribution in [3.8, 4) is 0 Å². The molecule has 2 aliphatic rings. The summed E-state index contributed by atoms with van der Waals surface area (Å²) in [6, 6.07) is 3.42. The Hall–Kier alpha value is -1.98. The van der Waals surface area contributed by atoms with E-state index in [1.807, 2.05) is 0 Å². The van der Waals surface area contributed by atoms with Gasteiger partial charge in [-0.1, -0.05) is 6.42 Å². The van der Waals surface area contributed by atoms with Crippen LogP contribution < -0.4 is 5.32 Å². The van der Waals surface area contributed by atoms with Gasteiger partial charge in [0, 0.05) is 18.2 Å². The molecule has 3 unspecified atom stereocenters. The number of benzene rings is 1. The van der Waals surface area contributed by atoms with Crippen LogP contribution >= 0.6 is 0 Å². The van der Waals surface area contributed by atoms with Gasteiger partial charge >= 0.3 is 5.69 Å². The Morgan fingerprint density at radius 2 is 2.19 bits per heavy atom. The van der Waals surface area contributed by atoms with Crippen LogP contribution in [0.1, 0.15) is 32.1 Å². The summed E-state index contributed by atoms with van der Waals surface area (Å²) in [5, 5.41) is 13.3. The molecule has 5 nitrogen and oxygen atoms in total. The Bertz CT molecular complexity index is 590. The van der Waals surface area contributed by atoms with Crippen molar-refractivity contribution in [1.82, 2.24) is 0 Å². The molecule has 0 heterocycles. The number of rotatable bonds is 4. The summed E-state index contributed by atoms with van der Waals surface area (Å²) in [5.41, 5.74) is -0.344. The number of nitro benzene ring substituents is 1. The SMILES string of the molecule is O=C(CC1CC2CCC1C2)Nc1ccc(F)c([N+](=O)[O-])c1. The first-order valence-corrected chi connectivity index (χ1v) is 7.26. The number of nitrogens with one attached hydrogen (secondary N) is 1. The van der Waals surface area contributed by atoms with Crippen LogP contribution in [0.25, 0.3) is 0 Å². The minimum Gasteiger partial charge on any atom is -0.326 e. The van der Waals surface area contributed by atoms with E-state index in [-0.39, 0.29) is 11.6 Å². The number of halogens is 1. The molecule has 0 aliphatic heterocycles. The molecule has 0 aromatic heterocycles. The molecule has 0 spiro atoms. The summed E-state index contributed by atoms with van der Waals surface area (Å²) >= 11 is 0. The lowest BCUT2D eigenvalue weighted by Crippen LogP contribution is -2.20. The Kier molecular flexibility index (Phi) is 3.61. The summed E-state index contributed by atoms with van der Waals surface area (Å²) in [6.45, 7) is 0. The topological polar surface area (TPSA) is 72.2 Å². The van der Waals surface area contributed by atoms with Crippen molar-refractivity contribution in [3.05, 3.63) is 34.1 Å². The molecule has 1 aromatic rings. The molecule has 112 valence electrons. The second kappa shape index (κ2) is 5.42. The van der Waals surface area contributed by atoms with Crippen molar-refractivity contribution < 1.29 is 14.1 Å². The molecule has 21 heavy (non-hydrogen) atoms. The second-order valence-electron chi connectivity index (χ2n) is 6.11. The molecular formula is C15H17FN2O3. The van der Waals surface area contributed by atoms with Gasteiger partial charge in [0.05, 0.1) is 4.92 Å². The first-order chi connectivity index (χ1) is 10.0. The van der Waals surface area contributed by atoms with Crippen LogP contribution in [-0.4, -0.2) is 10.8 Å². The molecular weight excluding hydrogens is 275 g/mol. The molecule has 2 saturated carbocycles. The average Bonchev–Trinajstić information content (AvgIpc) is 3.03. The minimum atomic E-state index is -0.897. The van der Waals surface area contributed by atoms with Crippen LogP contribution in [0.2, 0.25) is 0 Å². The predicted octanol–water partition coefficient (Wildman–Crippen LogP) is 3.50. The van der Waals surface area contributed by atoms with E-state index in [1.165, 1.54) is 25.3 Å². The zero-order valence-corrected chi connectivity index (χ0v) is 11.5. The summed E-state index contributed by atoms with van der Waals surface area (Å²) in [4.78, 5) is 21.9. The van der Waals surface area contributed by atoms with E-state index >= 15 is 0 Å². The minimum absolute atomic E-state index is 0.145. The first-order valence-electron chi connectivity index (χ1n) is 7.26. The Morgan fingerprint density at radius 1 is 1.38 bits per heavy atom. The number of amides is 1. The normalized spacial score (nSPS) is 26.8. The van der Waals surface area contributed by atoms with E-state index in [4.69, 9.17) is 0 Å². The van der Waals surface area contributed by atoms with Crippen LogP contribution in [0.4, 0.5) is 15.8 Å². The number of nitrogens with zero attached hydrogens (tertiary/aromatic N) is 1. The molecule has 0 radical (unpaired) electrons. The Morgan fingerprint density at radius 3 is 2.81 bits per heavy atom. The first kappa shape index (κ1) is 14.0. The van der Waals surface area contributed by atoms with Gasteiger partial charge in [0.15, 0.2) is 0 Å². The summed E-state index contributed by atoms with van der Waals surface area (Å²) in [6.07, 6.45) is 5.30. The number of carbonyl (C=O) groups excluding carboxylic acids is 1. The average molecular weight is 292 g/mol. The van der Waals surface area contributed by atoms with Crippen LogP contribution in [0, 0.1) is 33.7 Å². The van der Waals surface area contributed by atoms with Gasteiger partial charge in [-0.3, -0.25) is 14.9 Å². The van der Waals surface area contributed by atoms with E-state index in [1.54, 1.807) is 0 Å². The lowest BCUT2D eigenvalue weighted by molar-refractivity contribution is -0.387. The Balaban J connectivity index is 1.62. The van der Waals surface area contributed by atoms with Crippen LogP contribution in [-0.2, 0) is 4.79 Å². The zero-order valence-electron chi connectivity index (χ0n) is 11.5. The van der Waals surface area contributed by atoms with Crippen LogP contribution in [0.5, 0.6) is 0 Å². The smallest absolute Gasteiger partial charge is 0.306 e. The quantitative estimate of drug-likeness (QED) is 0.682. The van der Waals surface area contributed by atoms with Gasteiger partial charge in [0.1, 0.15) is 0 Å². The van der Waals surface area contributed by atoms with Gasteiger partial charge in [-0.2, -0.15) is 4.39 Å². The molecule has 2 bridgehead atoms. The molecule has 6 heteroatoms. The highest BCUT2D eigenvalue weighted by Gasteiger charge is 2.40. The van der Waals surface area contributed by atoms with Gasteiger partial charge in [0.25, 0.3) is 0 Å². The largest absolute Gasteiger partial charge is 0.326 e. The third-order valence-electron chi connectivity index (χ3n) is 4.76. The van der Waals surface area contributed by atoms with Gasteiger partial charge in [-0.25, -0.2) is 0 Å².